The van der Waals surface area contributed by atoms with E-state index in [0.717, 1.165) is 11.3 Å². The van der Waals surface area contributed by atoms with E-state index < -0.39 is 11.2 Å². The van der Waals surface area contributed by atoms with Crippen LogP contribution < -0.4 is 0 Å². The van der Waals surface area contributed by atoms with Crippen molar-refractivity contribution in [3.05, 3.63) is 36.2 Å². The van der Waals surface area contributed by atoms with Gasteiger partial charge in [-0.05, 0) is 25.5 Å². The number of hydrogen-bond donors (Lipinski definition) is 1. The fourth-order valence-electron chi connectivity index (χ4n) is 2.12. The molecule has 0 radical (unpaired) electrons. The monoisotopic (exact) mass is 329 g/mol. The second kappa shape index (κ2) is 6.33. The quantitative estimate of drug-likeness (QED) is 0.567. The van der Waals surface area contributed by atoms with Gasteiger partial charge in [-0.15, -0.1) is 5.10 Å². The van der Waals surface area contributed by atoms with Gasteiger partial charge >= 0.3 is 5.97 Å². The highest BCUT2D eigenvalue weighted by molar-refractivity contribution is 8.00. The van der Waals surface area contributed by atoms with E-state index in [1.165, 1.54) is 18.1 Å². The van der Waals surface area contributed by atoms with Crippen molar-refractivity contribution in [2.24, 2.45) is 0 Å². The maximum atomic E-state index is 11.2. The number of carbonyl (C=O) groups is 1. The lowest BCUT2D eigenvalue weighted by Gasteiger charge is -2.08. The van der Waals surface area contributed by atoms with Crippen LogP contribution in [0, 0.1) is 6.92 Å². The number of fused-ring (bicyclic) bond motifs is 1. The van der Waals surface area contributed by atoms with Gasteiger partial charge in [0.25, 0.3) is 0 Å². The second-order valence-corrected chi connectivity index (χ2v) is 6.23. The van der Waals surface area contributed by atoms with Crippen molar-refractivity contribution in [1.29, 1.82) is 0 Å². The number of aryl methyl sites for hydroxylation is 1. The van der Waals surface area contributed by atoms with E-state index in [1.807, 2.05) is 38.1 Å². The molecule has 23 heavy (non-hydrogen) atoms. The van der Waals surface area contributed by atoms with E-state index in [2.05, 4.69) is 20.3 Å². The molecule has 3 rings (SSSR count). The van der Waals surface area contributed by atoms with Crippen molar-refractivity contribution in [3.8, 4) is 5.69 Å². The van der Waals surface area contributed by atoms with Gasteiger partial charge in [0.05, 0.1) is 5.69 Å². The van der Waals surface area contributed by atoms with Crippen LogP contribution in [-0.4, -0.2) is 41.3 Å². The van der Waals surface area contributed by atoms with Crippen LogP contribution in [0.4, 0.5) is 0 Å². The zero-order valence-electron chi connectivity index (χ0n) is 12.7. The predicted molar refractivity (Wildman–Crippen MR) is 86.8 cm³/mol. The largest absolute Gasteiger partial charge is 0.480 e. The summed E-state index contributed by atoms with van der Waals surface area (Å²) < 4.78 is 1.63. The maximum Gasteiger partial charge on any atom is 0.317 e. The van der Waals surface area contributed by atoms with Crippen LogP contribution in [0.3, 0.4) is 0 Å². The molecule has 0 aliphatic carbocycles. The zero-order valence-corrected chi connectivity index (χ0v) is 13.5. The smallest absolute Gasteiger partial charge is 0.317 e. The molecule has 0 spiro atoms. The molecule has 1 aromatic carbocycles. The number of nitrogens with zero attached hydrogens (tertiary/aromatic N) is 5. The third-order valence-electron chi connectivity index (χ3n) is 3.38. The number of carboxylic acids is 1. The molecule has 1 unspecified atom stereocenters. The molecular formula is C15H15N5O2S. The van der Waals surface area contributed by atoms with Crippen molar-refractivity contribution in [1.82, 2.24) is 25.0 Å². The molecule has 0 saturated carbocycles. The lowest BCUT2D eigenvalue weighted by molar-refractivity contribution is -0.136. The normalized spacial score (nSPS) is 12.4. The third-order valence-corrected chi connectivity index (χ3v) is 4.72. The molecule has 2 aromatic heterocycles. The number of aromatic nitrogens is 5. The molecule has 0 bridgehead atoms. The highest BCUT2D eigenvalue weighted by atomic mass is 32.2. The summed E-state index contributed by atoms with van der Waals surface area (Å²) in [7, 11) is 0. The van der Waals surface area contributed by atoms with E-state index in [9.17, 15) is 9.90 Å². The first-order valence-corrected chi connectivity index (χ1v) is 8.01. The maximum absolute atomic E-state index is 11.2. The molecule has 0 amide bonds. The second-order valence-electron chi connectivity index (χ2n) is 5.04. The molecule has 8 heteroatoms. The number of thioether (sulfide) groups is 1. The van der Waals surface area contributed by atoms with Gasteiger partial charge in [0, 0.05) is 0 Å². The number of benzene rings is 1. The summed E-state index contributed by atoms with van der Waals surface area (Å²) in [4.78, 5) is 19.6. The minimum absolute atomic E-state index is 0.498. The summed E-state index contributed by atoms with van der Waals surface area (Å²) in [5, 5.41) is 17.4. The van der Waals surface area contributed by atoms with E-state index in [0.29, 0.717) is 22.6 Å². The minimum Gasteiger partial charge on any atom is -0.480 e. The summed E-state index contributed by atoms with van der Waals surface area (Å²) in [6.07, 6.45) is 1.91. The Balaban J connectivity index is 2.03. The topological polar surface area (TPSA) is 93.8 Å². The van der Waals surface area contributed by atoms with Gasteiger partial charge in [0.1, 0.15) is 16.6 Å². The molecule has 3 aromatic rings. The SMILES string of the molecule is CCC(Sc1ncnc2c1nnn2-c1ccc(C)cc1)C(=O)O. The predicted octanol–water partition coefficient (Wildman–Crippen LogP) is 2.47. The van der Waals surface area contributed by atoms with Gasteiger partial charge in [-0.25, -0.2) is 9.97 Å². The van der Waals surface area contributed by atoms with E-state index in [1.54, 1.807) is 4.68 Å². The van der Waals surface area contributed by atoms with E-state index in [4.69, 9.17) is 0 Å². The summed E-state index contributed by atoms with van der Waals surface area (Å²) in [6.45, 7) is 3.84. The number of hydrogen-bond acceptors (Lipinski definition) is 6. The van der Waals surface area contributed by atoms with Crippen LogP contribution in [0.5, 0.6) is 0 Å². The number of rotatable bonds is 5. The number of carboxylic acid groups (broad SMARTS) is 1. The molecule has 0 fully saturated rings. The van der Waals surface area contributed by atoms with Gasteiger partial charge in [0.15, 0.2) is 11.2 Å². The summed E-state index contributed by atoms with van der Waals surface area (Å²) in [5.74, 6) is -0.866. The standard InChI is InChI=1S/C15H15N5O2S/c1-3-11(15(21)22)23-14-12-13(16-8-17-14)20(19-18-12)10-6-4-9(2)5-7-10/h4-8,11H,3H2,1-2H3,(H,21,22). The van der Waals surface area contributed by atoms with E-state index >= 15 is 0 Å². The Kier molecular flexibility index (Phi) is 4.24. The van der Waals surface area contributed by atoms with Gasteiger partial charge < -0.3 is 5.11 Å². The summed E-state index contributed by atoms with van der Waals surface area (Å²) in [6, 6.07) is 7.84. The Morgan fingerprint density at radius 1 is 1.30 bits per heavy atom. The summed E-state index contributed by atoms with van der Waals surface area (Å²) >= 11 is 1.17. The lowest BCUT2D eigenvalue weighted by atomic mass is 10.2. The summed E-state index contributed by atoms with van der Waals surface area (Å²) in [5.41, 5.74) is 3.07. The van der Waals surface area contributed by atoms with E-state index in [-0.39, 0.29) is 0 Å². The third kappa shape index (κ3) is 3.02. The molecule has 1 atom stereocenters. The van der Waals surface area contributed by atoms with Crippen LogP contribution in [-0.2, 0) is 4.79 Å². The lowest BCUT2D eigenvalue weighted by Crippen LogP contribution is -2.15. The van der Waals surface area contributed by atoms with Crippen molar-refractivity contribution < 1.29 is 9.90 Å². The Morgan fingerprint density at radius 2 is 2.04 bits per heavy atom. The van der Waals surface area contributed by atoms with Gasteiger partial charge in [0.2, 0.25) is 0 Å². The van der Waals surface area contributed by atoms with Crippen molar-refractivity contribution >= 4 is 28.9 Å². The van der Waals surface area contributed by atoms with Gasteiger partial charge in [-0.2, -0.15) is 4.68 Å². The van der Waals surface area contributed by atoms with Crippen LogP contribution in [0.2, 0.25) is 0 Å². The van der Waals surface area contributed by atoms with Crippen molar-refractivity contribution in [2.45, 2.75) is 30.5 Å². The molecular weight excluding hydrogens is 314 g/mol. The van der Waals surface area contributed by atoms with Gasteiger partial charge in [-0.3, -0.25) is 4.79 Å². The highest BCUT2D eigenvalue weighted by Crippen LogP contribution is 2.28. The molecule has 0 aliphatic heterocycles. The Hall–Kier alpha value is -2.48. The Bertz CT molecular complexity index is 847. The molecule has 0 aliphatic rings. The average molecular weight is 329 g/mol. The zero-order chi connectivity index (χ0) is 16.4. The van der Waals surface area contributed by atoms with Crippen LogP contribution in [0.25, 0.3) is 16.9 Å². The first kappa shape index (κ1) is 15.4. The van der Waals surface area contributed by atoms with Gasteiger partial charge in [-0.1, -0.05) is 41.6 Å². The van der Waals surface area contributed by atoms with Crippen LogP contribution in [0.1, 0.15) is 18.9 Å². The molecule has 7 nitrogen and oxygen atoms in total. The Labute approximate surface area is 136 Å². The molecule has 1 N–H and O–H groups in total. The fraction of sp³-hybridized carbons (Fsp3) is 0.267. The van der Waals surface area contributed by atoms with Crippen LogP contribution in [0.15, 0.2) is 35.6 Å². The molecule has 2 heterocycles. The highest BCUT2D eigenvalue weighted by Gasteiger charge is 2.21. The number of aliphatic carboxylic acids is 1. The Morgan fingerprint density at radius 3 is 2.70 bits per heavy atom. The van der Waals surface area contributed by atoms with Crippen molar-refractivity contribution in [2.75, 3.05) is 0 Å². The first-order chi connectivity index (χ1) is 11.1. The fourth-order valence-corrected chi connectivity index (χ4v) is 3.01. The first-order valence-electron chi connectivity index (χ1n) is 7.13. The molecule has 118 valence electrons. The molecule has 0 saturated heterocycles. The van der Waals surface area contributed by atoms with Crippen LogP contribution >= 0.6 is 11.8 Å². The minimum atomic E-state index is -0.866. The van der Waals surface area contributed by atoms with Crippen molar-refractivity contribution in [3.63, 3.8) is 0 Å². The average Bonchev–Trinajstić information content (AvgIpc) is 2.98.